The molecule has 0 fully saturated rings. The Labute approximate surface area is 96.9 Å². The maximum atomic E-state index is 10.7. The molecular weight excluding hydrogens is 228 g/mol. The Morgan fingerprint density at radius 3 is 2.88 bits per heavy atom. The van der Waals surface area contributed by atoms with E-state index < -0.39 is 5.97 Å². The first-order valence-electron chi connectivity index (χ1n) is 4.67. The van der Waals surface area contributed by atoms with E-state index in [1.54, 1.807) is 18.5 Å². The first-order valence-corrected chi connectivity index (χ1v) is 5.04. The molecule has 0 amide bonds. The van der Waals surface area contributed by atoms with Crippen molar-refractivity contribution in [3.05, 3.63) is 52.6 Å². The SMILES string of the molecule is O=C(O)c1ccc(Cc2ncc[nH]2)c(Cl)c1. The second kappa shape index (κ2) is 4.37. The van der Waals surface area contributed by atoms with Crippen LogP contribution < -0.4 is 0 Å². The first kappa shape index (κ1) is 10.7. The molecule has 0 unspecified atom stereocenters. The van der Waals surface area contributed by atoms with Crippen LogP contribution in [-0.4, -0.2) is 21.0 Å². The fourth-order valence-corrected chi connectivity index (χ4v) is 1.65. The molecule has 0 aliphatic heterocycles. The molecule has 0 spiro atoms. The minimum absolute atomic E-state index is 0.188. The fraction of sp³-hybridized carbons (Fsp3) is 0.0909. The number of aromatic amines is 1. The largest absolute Gasteiger partial charge is 0.478 e. The average Bonchev–Trinajstić information content (AvgIpc) is 2.73. The summed E-state index contributed by atoms with van der Waals surface area (Å²) in [4.78, 5) is 17.7. The Kier molecular flexibility index (Phi) is 2.92. The van der Waals surface area contributed by atoms with Gasteiger partial charge in [-0.05, 0) is 17.7 Å². The van der Waals surface area contributed by atoms with Gasteiger partial charge in [-0.25, -0.2) is 9.78 Å². The van der Waals surface area contributed by atoms with Gasteiger partial charge in [0.1, 0.15) is 5.82 Å². The van der Waals surface area contributed by atoms with Gasteiger partial charge < -0.3 is 10.1 Å². The molecule has 2 N–H and O–H groups in total. The zero-order chi connectivity index (χ0) is 11.5. The molecule has 4 nitrogen and oxygen atoms in total. The summed E-state index contributed by atoms with van der Waals surface area (Å²) in [7, 11) is 0. The number of nitrogens with one attached hydrogen (secondary N) is 1. The lowest BCUT2D eigenvalue weighted by Crippen LogP contribution is -1.98. The highest BCUT2D eigenvalue weighted by atomic mass is 35.5. The zero-order valence-corrected chi connectivity index (χ0v) is 9.03. The number of imidazole rings is 1. The number of aromatic nitrogens is 2. The molecule has 2 rings (SSSR count). The number of carboxylic acids is 1. The third-order valence-electron chi connectivity index (χ3n) is 2.21. The van der Waals surface area contributed by atoms with Gasteiger partial charge in [0.15, 0.2) is 0 Å². The third-order valence-corrected chi connectivity index (χ3v) is 2.56. The molecule has 2 aromatic rings. The average molecular weight is 237 g/mol. The van der Waals surface area contributed by atoms with Gasteiger partial charge >= 0.3 is 5.97 Å². The van der Waals surface area contributed by atoms with Gasteiger partial charge in [0.2, 0.25) is 0 Å². The van der Waals surface area contributed by atoms with Gasteiger partial charge in [-0.15, -0.1) is 0 Å². The van der Waals surface area contributed by atoms with Crippen LogP contribution in [0.1, 0.15) is 21.7 Å². The van der Waals surface area contributed by atoms with Gasteiger partial charge in [-0.3, -0.25) is 0 Å². The van der Waals surface area contributed by atoms with E-state index in [0.29, 0.717) is 11.4 Å². The van der Waals surface area contributed by atoms with Crippen LogP contribution in [-0.2, 0) is 6.42 Å². The molecule has 0 bridgehead atoms. The first-order chi connectivity index (χ1) is 7.66. The van der Waals surface area contributed by atoms with Crippen LogP contribution in [0.2, 0.25) is 5.02 Å². The van der Waals surface area contributed by atoms with E-state index in [1.807, 2.05) is 0 Å². The Bertz CT molecular complexity index is 509. The molecule has 0 saturated carbocycles. The minimum Gasteiger partial charge on any atom is -0.478 e. The smallest absolute Gasteiger partial charge is 0.335 e. The Morgan fingerprint density at radius 2 is 2.31 bits per heavy atom. The summed E-state index contributed by atoms with van der Waals surface area (Å²) >= 11 is 5.99. The number of aromatic carboxylic acids is 1. The van der Waals surface area contributed by atoms with Crippen molar-refractivity contribution in [1.82, 2.24) is 9.97 Å². The van der Waals surface area contributed by atoms with Crippen molar-refractivity contribution in [1.29, 1.82) is 0 Å². The molecule has 1 heterocycles. The van der Waals surface area contributed by atoms with E-state index in [2.05, 4.69) is 9.97 Å². The number of hydrogen-bond acceptors (Lipinski definition) is 2. The zero-order valence-electron chi connectivity index (χ0n) is 8.27. The second-order valence-corrected chi connectivity index (χ2v) is 3.73. The lowest BCUT2D eigenvalue weighted by molar-refractivity contribution is 0.0697. The number of rotatable bonds is 3. The number of nitrogens with zero attached hydrogens (tertiary/aromatic N) is 1. The second-order valence-electron chi connectivity index (χ2n) is 3.32. The van der Waals surface area contributed by atoms with E-state index in [9.17, 15) is 4.79 Å². The summed E-state index contributed by atoms with van der Waals surface area (Å²) in [5.41, 5.74) is 1.04. The van der Waals surface area contributed by atoms with Crippen LogP contribution >= 0.6 is 11.6 Å². The third kappa shape index (κ3) is 2.23. The monoisotopic (exact) mass is 236 g/mol. The number of carbonyl (C=O) groups is 1. The van der Waals surface area contributed by atoms with Crippen molar-refractivity contribution in [2.45, 2.75) is 6.42 Å². The topological polar surface area (TPSA) is 66.0 Å². The van der Waals surface area contributed by atoms with Crippen molar-refractivity contribution in [3.63, 3.8) is 0 Å². The summed E-state index contributed by atoms with van der Waals surface area (Å²) < 4.78 is 0. The van der Waals surface area contributed by atoms with E-state index >= 15 is 0 Å². The molecule has 5 heteroatoms. The quantitative estimate of drug-likeness (QED) is 0.860. The molecule has 1 aromatic carbocycles. The number of hydrogen-bond donors (Lipinski definition) is 2. The van der Waals surface area contributed by atoms with Crippen molar-refractivity contribution < 1.29 is 9.90 Å². The summed E-state index contributed by atoms with van der Waals surface area (Å²) in [6, 6.07) is 4.68. The molecule has 16 heavy (non-hydrogen) atoms. The minimum atomic E-state index is -0.980. The maximum absolute atomic E-state index is 10.7. The molecule has 0 radical (unpaired) electrons. The van der Waals surface area contributed by atoms with Gasteiger partial charge in [0.25, 0.3) is 0 Å². The predicted octanol–water partition coefficient (Wildman–Crippen LogP) is 2.35. The molecule has 1 aromatic heterocycles. The van der Waals surface area contributed by atoms with Crippen LogP contribution in [0.3, 0.4) is 0 Å². The van der Waals surface area contributed by atoms with Crippen molar-refractivity contribution in [3.8, 4) is 0 Å². The standard InChI is InChI=1S/C11H9ClN2O2/c12-9-5-8(11(15)16)2-1-7(9)6-10-13-3-4-14-10/h1-5H,6H2,(H,13,14)(H,15,16). The van der Waals surface area contributed by atoms with E-state index in [-0.39, 0.29) is 5.56 Å². The Hall–Kier alpha value is -1.81. The predicted molar refractivity (Wildman–Crippen MR) is 59.8 cm³/mol. The van der Waals surface area contributed by atoms with Gasteiger partial charge in [-0.2, -0.15) is 0 Å². The van der Waals surface area contributed by atoms with E-state index in [1.165, 1.54) is 12.1 Å². The van der Waals surface area contributed by atoms with Crippen LogP contribution in [0.15, 0.2) is 30.6 Å². The Morgan fingerprint density at radius 1 is 1.50 bits per heavy atom. The normalized spacial score (nSPS) is 10.3. The lowest BCUT2D eigenvalue weighted by atomic mass is 10.1. The van der Waals surface area contributed by atoms with Crippen LogP contribution in [0.5, 0.6) is 0 Å². The van der Waals surface area contributed by atoms with Crippen molar-refractivity contribution in [2.75, 3.05) is 0 Å². The fourth-order valence-electron chi connectivity index (χ4n) is 1.40. The number of benzene rings is 1. The Balaban J connectivity index is 2.26. The molecular formula is C11H9ClN2O2. The highest BCUT2D eigenvalue weighted by Gasteiger charge is 2.08. The van der Waals surface area contributed by atoms with Crippen molar-refractivity contribution >= 4 is 17.6 Å². The number of H-pyrrole nitrogens is 1. The highest BCUT2D eigenvalue weighted by molar-refractivity contribution is 6.31. The molecule has 82 valence electrons. The molecule has 0 aliphatic carbocycles. The molecule has 0 saturated heterocycles. The van der Waals surface area contributed by atoms with Gasteiger partial charge in [0.05, 0.1) is 5.56 Å². The van der Waals surface area contributed by atoms with Crippen molar-refractivity contribution in [2.24, 2.45) is 0 Å². The summed E-state index contributed by atoms with van der Waals surface area (Å²) in [5.74, 6) is -0.184. The summed E-state index contributed by atoms with van der Waals surface area (Å²) in [6.07, 6.45) is 3.95. The highest BCUT2D eigenvalue weighted by Crippen LogP contribution is 2.20. The van der Waals surface area contributed by atoms with Gasteiger partial charge in [-0.1, -0.05) is 17.7 Å². The number of carboxylic acid groups (broad SMARTS) is 1. The van der Waals surface area contributed by atoms with Crippen LogP contribution in [0, 0.1) is 0 Å². The summed E-state index contributed by atoms with van der Waals surface area (Å²) in [6.45, 7) is 0. The van der Waals surface area contributed by atoms with Crippen LogP contribution in [0.25, 0.3) is 0 Å². The maximum Gasteiger partial charge on any atom is 0.335 e. The van der Waals surface area contributed by atoms with Crippen LogP contribution in [0.4, 0.5) is 0 Å². The van der Waals surface area contributed by atoms with E-state index in [4.69, 9.17) is 16.7 Å². The molecule has 0 aliphatic rings. The number of halogens is 1. The molecule has 0 atom stereocenters. The van der Waals surface area contributed by atoms with E-state index in [0.717, 1.165) is 11.4 Å². The summed E-state index contributed by atoms with van der Waals surface area (Å²) in [5, 5.41) is 9.22. The lowest BCUT2D eigenvalue weighted by Gasteiger charge is -2.03. The van der Waals surface area contributed by atoms with Gasteiger partial charge in [0, 0.05) is 23.8 Å².